The lowest BCUT2D eigenvalue weighted by Crippen LogP contribution is -2.23. The SMILES string of the molecule is CC(Sc1nnnn1C(C)C)C(=O)Nc1cccc(Cl)c1. The van der Waals surface area contributed by atoms with E-state index in [9.17, 15) is 4.79 Å². The lowest BCUT2D eigenvalue weighted by atomic mass is 10.3. The molecular weight excluding hydrogens is 310 g/mol. The molecule has 0 radical (unpaired) electrons. The molecule has 1 N–H and O–H groups in total. The van der Waals surface area contributed by atoms with Crippen molar-refractivity contribution in [3.05, 3.63) is 29.3 Å². The van der Waals surface area contributed by atoms with Crippen LogP contribution in [-0.4, -0.2) is 31.4 Å². The van der Waals surface area contributed by atoms with Gasteiger partial charge in [0.05, 0.1) is 11.3 Å². The molecular formula is C13H16ClN5OS. The number of amides is 1. The van der Waals surface area contributed by atoms with Crippen LogP contribution >= 0.6 is 23.4 Å². The number of thioether (sulfide) groups is 1. The molecule has 0 saturated heterocycles. The van der Waals surface area contributed by atoms with E-state index in [1.54, 1.807) is 28.9 Å². The number of benzene rings is 1. The first-order valence-corrected chi connectivity index (χ1v) is 7.74. The molecule has 1 amide bonds. The topological polar surface area (TPSA) is 72.7 Å². The van der Waals surface area contributed by atoms with Gasteiger partial charge in [0, 0.05) is 10.7 Å². The maximum Gasteiger partial charge on any atom is 0.237 e. The predicted octanol–water partition coefficient (Wildman–Crippen LogP) is 3.03. The summed E-state index contributed by atoms with van der Waals surface area (Å²) in [6.45, 7) is 5.78. The number of aromatic nitrogens is 4. The van der Waals surface area contributed by atoms with Gasteiger partial charge in [0.15, 0.2) is 0 Å². The van der Waals surface area contributed by atoms with Gasteiger partial charge in [-0.15, -0.1) is 5.10 Å². The van der Waals surface area contributed by atoms with Crippen LogP contribution in [0.3, 0.4) is 0 Å². The zero-order valence-electron chi connectivity index (χ0n) is 11.9. The number of rotatable bonds is 5. The van der Waals surface area contributed by atoms with Crippen molar-refractivity contribution in [1.29, 1.82) is 0 Å². The average Bonchev–Trinajstić information content (AvgIpc) is 2.87. The minimum absolute atomic E-state index is 0.124. The van der Waals surface area contributed by atoms with E-state index >= 15 is 0 Å². The maximum absolute atomic E-state index is 12.2. The van der Waals surface area contributed by atoms with Gasteiger partial charge in [0.1, 0.15) is 0 Å². The van der Waals surface area contributed by atoms with E-state index in [-0.39, 0.29) is 17.2 Å². The summed E-state index contributed by atoms with van der Waals surface area (Å²) in [4.78, 5) is 12.2. The van der Waals surface area contributed by atoms with Crippen molar-refractivity contribution >= 4 is 35.0 Å². The van der Waals surface area contributed by atoms with E-state index in [0.717, 1.165) is 0 Å². The normalized spacial score (nSPS) is 12.4. The highest BCUT2D eigenvalue weighted by Crippen LogP contribution is 2.24. The molecule has 1 unspecified atom stereocenters. The molecule has 0 aliphatic rings. The highest BCUT2D eigenvalue weighted by Gasteiger charge is 2.19. The van der Waals surface area contributed by atoms with E-state index in [1.165, 1.54) is 11.8 Å². The molecule has 0 aliphatic carbocycles. The Kier molecular flexibility index (Phi) is 5.19. The number of tetrazole rings is 1. The molecule has 0 aliphatic heterocycles. The van der Waals surface area contributed by atoms with Gasteiger partial charge in [-0.1, -0.05) is 29.4 Å². The molecule has 21 heavy (non-hydrogen) atoms. The van der Waals surface area contributed by atoms with Crippen LogP contribution in [0.15, 0.2) is 29.4 Å². The standard InChI is InChI=1S/C13H16ClN5OS/c1-8(2)19-13(16-17-18-19)21-9(3)12(20)15-11-6-4-5-10(14)7-11/h4-9H,1-3H3,(H,15,20). The van der Waals surface area contributed by atoms with Gasteiger partial charge in [0.25, 0.3) is 0 Å². The Hall–Kier alpha value is -1.60. The van der Waals surface area contributed by atoms with Gasteiger partial charge in [-0.05, 0) is 49.4 Å². The molecule has 1 heterocycles. The Labute approximate surface area is 132 Å². The number of nitrogens with zero attached hydrogens (tertiary/aromatic N) is 4. The first-order valence-electron chi connectivity index (χ1n) is 6.48. The van der Waals surface area contributed by atoms with Gasteiger partial charge in [-0.2, -0.15) is 0 Å². The molecule has 112 valence electrons. The highest BCUT2D eigenvalue weighted by atomic mass is 35.5. The molecule has 0 bridgehead atoms. The first-order chi connectivity index (χ1) is 9.97. The second kappa shape index (κ2) is 6.91. The molecule has 1 atom stereocenters. The van der Waals surface area contributed by atoms with Crippen LogP contribution in [0.4, 0.5) is 5.69 Å². The van der Waals surface area contributed by atoms with Crippen molar-refractivity contribution in [3.8, 4) is 0 Å². The van der Waals surface area contributed by atoms with Crippen molar-refractivity contribution < 1.29 is 4.79 Å². The zero-order valence-corrected chi connectivity index (χ0v) is 13.5. The summed E-state index contributed by atoms with van der Waals surface area (Å²) in [7, 11) is 0. The quantitative estimate of drug-likeness (QED) is 0.855. The Morgan fingerprint density at radius 3 is 2.81 bits per heavy atom. The maximum atomic E-state index is 12.2. The van der Waals surface area contributed by atoms with Crippen LogP contribution < -0.4 is 5.32 Å². The predicted molar refractivity (Wildman–Crippen MR) is 83.6 cm³/mol. The largest absolute Gasteiger partial charge is 0.325 e. The smallest absolute Gasteiger partial charge is 0.237 e. The van der Waals surface area contributed by atoms with Crippen LogP contribution in [0.25, 0.3) is 0 Å². The average molecular weight is 326 g/mol. The highest BCUT2D eigenvalue weighted by molar-refractivity contribution is 8.00. The second-order valence-corrected chi connectivity index (χ2v) is 6.50. The van der Waals surface area contributed by atoms with Gasteiger partial charge in [-0.3, -0.25) is 4.79 Å². The number of nitrogens with one attached hydrogen (secondary N) is 1. The summed E-state index contributed by atoms with van der Waals surface area (Å²) >= 11 is 7.21. The third kappa shape index (κ3) is 4.18. The number of halogens is 1. The number of carbonyl (C=O) groups excluding carboxylic acids is 1. The van der Waals surface area contributed by atoms with Crippen molar-refractivity contribution in [2.45, 2.75) is 37.2 Å². The van der Waals surface area contributed by atoms with E-state index < -0.39 is 0 Å². The molecule has 1 aromatic carbocycles. The molecule has 0 spiro atoms. The fourth-order valence-corrected chi connectivity index (χ4v) is 2.72. The van der Waals surface area contributed by atoms with E-state index in [1.807, 2.05) is 20.8 Å². The number of carbonyl (C=O) groups is 1. The minimum Gasteiger partial charge on any atom is -0.325 e. The van der Waals surface area contributed by atoms with Crippen molar-refractivity contribution in [3.63, 3.8) is 0 Å². The lowest BCUT2D eigenvalue weighted by molar-refractivity contribution is -0.115. The number of anilines is 1. The molecule has 6 nitrogen and oxygen atoms in total. The Balaban J connectivity index is 2.01. The molecule has 1 aromatic heterocycles. The van der Waals surface area contributed by atoms with Gasteiger partial charge in [0.2, 0.25) is 11.1 Å². The summed E-state index contributed by atoms with van der Waals surface area (Å²) in [6, 6.07) is 7.18. The fourth-order valence-electron chi connectivity index (χ4n) is 1.61. The Morgan fingerprint density at radius 1 is 1.38 bits per heavy atom. The van der Waals surface area contributed by atoms with Crippen LogP contribution in [0, 0.1) is 0 Å². The van der Waals surface area contributed by atoms with Crippen LogP contribution in [-0.2, 0) is 4.79 Å². The summed E-state index contributed by atoms with van der Waals surface area (Å²) in [6.07, 6.45) is 0. The van der Waals surface area contributed by atoms with Crippen LogP contribution in [0.2, 0.25) is 5.02 Å². The monoisotopic (exact) mass is 325 g/mol. The summed E-state index contributed by atoms with van der Waals surface area (Å²) in [5.74, 6) is -0.124. The molecule has 2 rings (SSSR count). The number of hydrogen-bond acceptors (Lipinski definition) is 5. The van der Waals surface area contributed by atoms with Gasteiger partial charge < -0.3 is 5.32 Å². The summed E-state index contributed by atoms with van der Waals surface area (Å²) < 4.78 is 1.69. The van der Waals surface area contributed by atoms with Gasteiger partial charge >= 0.3 is 0 Å². The van der Waals surface area contributed by atoms with Crippen LogP contribution in [0.1, 0.15) is 26.8 Å². The Bertz CT molecular complexity index is 631. The first kappa shape index (κ1) is 15.8. The summed E-state index contributed by atoms with van der Waals surface area (Å²) in [5, 5.41) is 15.2. The zero-order chi connectivity index (χ0) is 15.4. The van der Waals surface area contributed by atoms with E-state index in [4.69, 9.17) is 11.6 Å². The number of hydrogen-bond donors (Lipinski definition) is 1. The van der Waals surface area contributed by atoms with Gasteiger partial charge in [-0.25, -0.2) is 4.68 Å². The molecule has 0 fully saturated rings. The fraction of sp³-hybridized carbons (Fsp3) is 0.385. The summed E-state index contributed by atoms with van der Waals surface area (Å²) in [5.41, 5.74) is 0.670. The van der Waals surface area contributed by atoms with Crippen molar-refractivity contribution in [1.82, 2.24) is 20.2 Å². The van der Waals surface area contributed by atoms with Crippen molar-refractivity contribution in [2.75, 3.05) is 5.32 Å². The van der Waals surface area contributed by atoms with Crippen LogP contribution in [0.5, 0.6) is 0 Å². The third-order valence-electron chi connectivity index (χ3n) is 2.70. The molecule has 2 aromatic rings. The third-order valence-corrected chi connectivity index (χ3v) is 3.98. The lowest BCUT2D eigenvalue weighted by Gasteiger charge is -2.13. The van der Waals surface area contributed by atoms with Crippen molar-refractivity contribution in [2.24, 2.45) is 0 Å². The van der Waals surface area contributed by atoms with E-state index in [2.05, 4.69) is 20.8 Å². The Morgan fingerprint density at radius 2 is 2.14 bits per heavy atom. The minimum atomic E-state index is -0.326. The van der Waals surface area contributed by atoms with E-state index in [0.29, 0.717) is 15.9 Å². The molecule has 8 heteroatoms. The molecule has 0 saturated carbocycles. The second-order valence-electron chi connectivity index (χ2n) is 4.76.